The van der Waals surface area contributed by atoms with Crippen molar-refractivity contribution in [1.82, 2.24) is 10.2 Å². The second kappa shape index (κ2) is 8.46. The van der Waals surface area contributed by atoms with Gasteiger partial charge in [0.05, 0.1) is 0 Å². The molecule has 0 aliphatic rings. The molecule has 1 aromatic heterocycles. The van der Waals surface area contributed by atoms with Crippen molar-refractivity contribution in [3.63, 3.8) is 0 Å². The molecule has 25 heavy (non-hydrogen) atoms. The summed E-state index contributed by atoms with van der Waals surface area (Å²) < 4.78 is 14.6. The molecule has 1 atom stereocenters. The van der Waals surface area contributed by atoms with Crippen LogP contribution in [0.25, 0.3) is 0 Å². The SMILES string of the molecule is CSc1nnc(S[C@@H](C(=O)Nc2ccc(F)cc2)c2ccccc2)s1. The van der Waals surface area contributed by atoms with Crippen molar-refractivity contribution in [2.24, 2.45) is 0 Å². The summed E-state index contributed by atoms with van der Waals surface area (Å²) in [6.07, 6.45) is 1.94. The molecule has 0 saturated carbocycles. The molecule has 1 amide bonds. The summed E-state index contributed by atoms with van der Waals surface area (Å²) in [5.74, 6) is -0.533. The van der Waals surface area contributed by atoms with Crippen LogP contribution in [-0.2, 0) is 4.79 Å². The Kier molecular flexibility index (Phi) is 6.06. The molecule has 2 aromatic carbocycles. The Morgan fingerprint density at radius 2 is 1.76 bits per heavy atom. The van der Waals surface area contributed by atoms with Crippen LogP contribution in [-0.4, -0.2) is 22.4 Å². The highest BCUT2D eigenvalue weighted by Gasteiger charge is 2.24. The molecule has 3 rings (SSSR count). The lowest BCUT2D eigenvalue weighted by molar-refractivity contribution is -0.115. The topological polar surface area (TPSA) is 54.9 Å². The minimum atomic E-state index is -0.478. The third-order valence-electron chi connectivity index (χ3n) is 3.23. The first-order valence-electron chi connectivity index (χ1n) is 7.31. The van der Waals surface area contributed by atoms with Crippen molar-refractivity contribution in [2.45, 2.75) is 13.9 Å². The van der Waals surface area contributed by atoms with Crippen LogP contribution in [0.1, 0.15) is 10.8 Å². The van der Waals surface area contributed by atoms with Gasteiger partial charge in [0, 0.05) is 5.69 Å². The largest absolute Gasteiger partial charge is 0.325 e. The van der Waals surface area contributed by atoms with Crippen molar-refractivity contribution in [1.29, 1.82) is 0 Å². The molecule has 0 saturated heterocycles. The lowest BCUT2D eigenvalue weighted by Crippen LogP contribution is -2.19. The summed E-state index contributed by atoms with van der Waals surface area (Å²) in [6, 6.07) is 15.2. The number of hydrogen-bond acceptors (Lipinski definition) is 6. The van der Waals surface area contributed by atoms with Gasteiger partial charge in [-0.15, -0.1) is 10.2 Å². The summed E-state index contributed by atoms with van der Waals surface area (Å²) in [6.45, 7) is 0. The van der Waals surface area contributed by atoms with Crippen molar-refractivity contribution >= 4 is 46.5 Å². The molecule has 0 aliphatic heterocycles. The molecule has 1 heterocycles. The van der Waals surface area contributed by atoms with E-state index in [-0.39, 0.29) is 11.7 Å². The van der Waals surface area contributed by atoms with E-state index in [1.165, 1.54) is 59.1 Å². The molecule has 0 bridgehead atoms. The normalized spacial score (nSPS) is 11.9. The minimum absolute atomic E-state index is 0.191. The van der Waals surface area contributed by atoms with Gasteiger partial charge in [0.2, 0.25) is 5.91 Å². The van der Waals surface area contributed by atoms with Crippen molar-refractivity contribution in [2.75, 3.05) is 11.6 Å². The molecule has 4 nitrogen and oxygen atoms in total. The van der Waals surface area contributed by atoms with Crippen LogP contribution in [0.2, 0.25) is 0 Å². The van der Waals surface area contributed by atoms with Gasteiger partial charge >= 0.3 is 0 Å². The lowest BCUT2D eigenvalue weighted by atomic mass is 10.1. The number of thioether (sulfide) groups is 2. The quantitative estimate of drug-likeness (QED) is 0.608. The van der Waals surface area contributed by atoms with Crippen molar-refractivity contribution in [3.8, 4) is 0 Å². The second-order valence-corrected chi connectivity index (χ2v) is 8.33. The Labute approximate surface area is 157 Å². The molecule has 128 valence electrons. The Hall–Kier alpha value is -1.90. The molecular formula is C17H14FN3OS3. The fraction of sp³-hybridized carbons (Fsp3) is 0.118. The Morgan fingerprint density at radius 3 is 2.40 bits per heavy atom. The first-order valence-corrected chi connectivity index (χ1v) is 10.2. The number of carbonyl (C=O) groups is 1. The maximum atomic E-state index is 13.0. The van der Waals surface area contributed by atoms with Crippen LogP contribution < -0.4 is 5.32 Å². The zero-order valence-electron chi connectivity index (χ0n) is 13.2. The molecule has 0 spiro atoms. The molecule has 3 aromatic rings. The van der Waals surface area contributed by atoms with E-state index in [0.717, 1.165) is 14.2 Å². The fourth-order valence-corrected chi connectivity index (χ4v) is 4.70. The Balaban J connectivity index is 1.82. The number of aromatic nitrogens is 2. The summed E-state index contributed by atoms with van der Waals surface area (Å²) in [7, 11) is 0. The maximum absolute atomic E-state index is 13.0. The van der Waals surface area contributed by atoms with Gasteiger partial charge in [-0.3, -0.25) is 4.79 Å². The number of rotatable bonds is 6. The lowest BCUT2D eigenvalue weighted by Gasteiger charge is -2.15. The number of hydrogen-bond donors (Lipinski definition) is 1. The van der Waals surface area contributed by atoms with E-state index in [4.69, 9.17) is 0 Å². The van der Waals surface area contributed by atoms with Gasteiger partial charge in [0.1, 0.15) is 11.1 Å². The molecule has 1 N–H and O–H groups in total. The zero-order valence-corrected chi connectivity index (χ0v) is 15.6. The number of anilines is 1. The number of halogens is 1. The van der Waals surface area contributed by atoms with E-state index in [0.29, 0.717) is 5.69 Å². The van der Waals surface area contributed by atoms with E-state index >= 15 is 0 Å². The van der Waals surface area contributed by atoms with Gasteiger partial charge < -0.3 is 5.32 Å². The van der Waals surface area contributed by atoms with Crippen LogP contribution in [0.15, 0.2) is 63.3 Å². The number of benzene rings is 2. The summed E-state index contributed by atoms with van der Waals surface area (Å²) in [4.78, 5) is 12.8. The predicted molar refractivity (Wildman–Crippen MR) is 102 cm³/mol. The minimum Gasteiger partial charge on any atom is -0.325 e. The van der Waals surface area contributed by atoms with Gasteiger partial charge in [0.15, 0.2) is 8.68 Å². The average molecular weight is 392 g/mol. The average Bonchev–Trinajstić information content (AvgIpc) is 3.10. The van der Waals surface area contributed by atoms with Crippen LogP contribution in [0.3, 0.4) is 0 Å². The van der Waals surface area contributed by atoms with E-state index < -0.39 is 5.25 Å². The summed E-state index contributed by atoms with van der Waals surface area (Å²) in [5, 5.41) is 10.6. The van der Waals surface area contributed by atoms with Crippen LogP contribution >= 0.6 is 34.9 Å². The molecule has 0 radical (unpaired) electrons. The molecular weight excluding hydrogens is 377 g/mol. The Bertz CT molecular complexity index is 840. The van der Waals surface area contributed by atoms with E-state index in [1.54, 1.807) is 0 Å². The van der Waals surface area contributed by atoms with Crippen molar-refractivity contribution < 1.29 is 9.18 Å². The smallest absolute Gasteiger partial charge is 0.242 e. The predicted octanol–water partition coefficient (Wildman–Crippen LogP) is 4.87. The third-order valence-corrected chi connectivity index (χ3v) is 6.47. The summed E-state index contributed by atoms with van der Waals surface area (Å²) in [5.41, 5.74) is 1.42. The number of nitrogens with zero attached hydrogens (tertiary/aromatic N) is 2. The van der Waals surface area contributed by atoms with Gasteiger partial charge in [-0.25, -0.2) is 4.39 Å². The molecule has 0 aliphatic carbocycles. The number of carbonyl (C=O) groups excluding carboxylic acids is 1. The van der Waals surface area contributed by atoms with Gasteiger partial charge in [0.25, 0.3) is 0 Å². The summed E-state index contributed by atoms with van der Waals surface area (Å²) >= 11 is 4.33. The molecule has 8 heteroatoms. The van der Waals surface area contributed by atoms with Crippen LogP contribution in [0.5, 0.6) is 0 Å². The highest BCUT2D eigenvalue weighted by Crippen LogP contribution is 2.38. The number of nitrogens with one attached hydrogen (secondary N) is 1. The van der Waals surface area contributed by atoms with E-state index in [1.807, 2.05) is 36.6 Å². The standard InChI is InChI=1S/C17H14FN3OS3/c1-23-16-20-21-17(25-16)24-14(11-5-3-2-4-6-11)15(22)19-13-9-7-12(18)8-10-13/h2-10,14H,1H3,(H,19,22)/t14-/m1/s1. The highest BCUT2D eigenvalue weighted by molar-refractivity contribution is 8.03. The Morgan fingerprint density at radius 1 is 1.08 bits per heavy atom. The second-order valence-electron chi connectivity index (χ2n) is 4.94. The van der Waals surface area contributed by atoms with Crippen molar-refractivity contribution in [3.05, 3.63) is 66.0 Å². The first kappa shape index (κ1) is 17.9. The number of amides is 1. The van der Waals surface area contributed by atoms with E-state index in [9.17, 15) is 9.18 Å². The molecule has 0 unspecified atom stereocenters. The monoisotopic (exact) mass is 391 g/mol. The van der Waals surface area contributed by atoms with Crippen LogP contribution in [0, 0.1) is 5.82 Å². The van der Waals surface area contributed by atoms with Gasteiger partial charge in [-0.05, 0) is 36.1 Å². The van der Waals surface area contributed by atoms with Crippen LogP contribution in [0.4, 0.5) is 10.1 Å². The fourth-order valence-electron chi connectivity index (χ4n) is 2.07. The first-order chi connectivity index (χ1) is 12.2. The zero-order chi connectivity index (χ0) is 17.6. The highest BCUT2D eigenvalue weighted by atomic mass is 32.2. The van der Waals surface area contributed by atoms with Gasteiger partial charge in [-0.1, -0.05) is 65.2 Å². The molecule has 0 fully saturated rings. The maximum Gasteiger partial charge on any atom is 0.242 e. The third kappa shape index (κ3) is 4.81. The van der Waals surface area contributed by atoms with E-state index in [2.05, 4.69) is 15.5 Å². The van der Waals surface area contributed by atoms with Gasteiger partial charge in [-0.2, -0.15) is 0 Å².